The van der Waals surface area contributed by atoms with Crippen LogP contribution in [0.15, 0.2) is 53.7 Å². The Kier molecular flexibility index (Phi) is 5.06. The molecule has 0 spiro atoms. The third-order valence-electron chi connectivity index (χ3n) is 3.77. The summed E-state index contributed by atoms with van der Waals surface area (Å²) < 4.78 is 34.5. The van der Waals surface area contributed by atoms with Gasteiger partial charge in [-0.25, -0.2) is 18.1 Å². The smallest absolute Gasteiger partial charge is 0.240 e. The summed E-state index contributed by atoms with van der Waals surface area (Å²) in [5, 5.41) is 0. The molecule has 0 radical (unpaired) electrons. The van der Waals surface area contributed by atoms with Crippen LogP contribution in [-0.4, -0.2) is 31.0 Å². The van der Waals surface area contributed by atoms with Gasteiger partial charge >= 0.3 is 0 Å². The topological polar surface area (TPSA) is 72.7 Å². The van der Waals surface area contributed by atoms with Crippen LogP contribution in [0, 0.1) is 6.92 Å². The van der Waals surface area contributed by atoms with Crippen molar-refractivity contribution in [2.45, 2.75) is 25.2 Å². The summed E-state index contributed by atoms with van der Waals surface area (Å²) >= 11 is 0. The number of benzene rings is 1. The van der Waals surface area contributed by atoms with Gasteiger partial charge in [0.1, 0.15) is 11.4 Å². The van der Waals surface area contributed by atoms with E-state index in [0.29, 0.717) is 25.3 Å². The first-order valence-electron chi connectivity index (χ1n) is 8.15. The molecule has 1 N–H and O–H groups in total. The Bertz CT molecular complexity index is 963. The van der Waals surface area contributed by atoms with Crippen LogP contribution >= 0.6 is 0 Å². The number of imidazole rings is 1. The summed E-state index contributed by atoms with van der Waals surface area (Å²) in [7, 11) is -3.54. The Hall–Kier alpha value is -2.38. The molecule has 6 nitrogen and oxygen atoms in total. The fourth-order valence-corrected chi connectivity index (χ4v) is 3.59. The first-order valence-corrected chi connectivity index (χ1v) is 9.63. The quantitative estimate of drug-likeness (QED) is 0.704. The first kappa shape index (κ1) is 17.4. The maximum absolute atomic E-state index is 12.3. The van der Waals surface area contributed by atoms with Crippen LogP contribution in [0.1, 0.15) is 18.2 Å². The molecule has 0 bridgehead atoms. The molecule has 132 valence electrons. The zero-order chi connectivity index (χ0) is 17.9. The lowest BCUT2D eigenvalue weighted by atomic mass is 10.3. The van der Waals surface area contributed by atoms with Gasteiger partial charge in [0.25, 0.3) is 0 Å². The molecular weight excluding hydrogens is 338 g/mol. The van der Waals surface area contributed by atoms with Crippen LogP contribution < -0.4 is 9.46 Å². The molecule has 0 aliphatic heterocycles. The number of ether oxygens (including phenoxy) is 1. The molecule has 7 heteroatoms. The van der Waals surface area contributed by atoms with Crippen molar-refractivity contribution >= 4 is 15.7 Å². The minimum absolute atomic E-state index is 0.224. The van der Waals surface area contributed by atoms with E-state index in [1.165, 1.54) is 0 Å². The molecule has 0 fully saturated rings. The highest BCUT2D eigenvalue weighted by Gasteiger charge is 2.13. The average molecular weight is 359 g/mol. The number of hydrogen-bond donors (Lipinski definition) is 1. The van der Waals surface area contributed by atoms with E-state index < -0.39 is 10.0 Å². The number of hydrogen-bond acceptors (Lipinski definition) is 4. The van der Waals surface area contributed by atoms with Crippen LogP contribution in [0.4, 0.5) is 0 Å². The molecule has 0 unspecified atom stereocenters. The fraction of sp³-hybridized carbons (Fsp3) is 0.278. The summed E-state index contributed by atoms with van der Waals surface area (Å²) in [6.45, 7) is 4.73. The summed E-state index contributed by atoms with van der Waals surface area (Å²) in [5.74, 6) is 0.654. The summed E-state index contributed by atoms with van der Waals surface area (Å²) in [5.41, 5.74) is 2.85. The number of aryl methyl sites for hydroxylation is 1. The zero-order valence-electron chi connectivity index (χ0n) is 14.3. The van der Waals surface area contributed by atoms with Crippen molar-refractivity contribution < 1.29 is 13.2 Å². The molecule has 1 aromatic carbocycles. The molecular formula is C18H21N3O3S. The van der Waals surface area contributed by atoms with E-state index >= 15 is 0 Å². The molecule has 0 atom stereocenters. The van der Waals surface area contributed by atoms with Crippen molar-refractivity contribution in [2.75, 3.05) is 13.2 Å². The molecule has 2 heterocycles. The van der Waals surface area contributed by atoms with Gasteiger partial charge in [0.2, 0.25) is 10.0 Å². The second-order valence-electron chi connectivity index (χ2n) is 5.76. The van der Waals surface area contributed by atoms with E-state index in [-0.39, 0.29) is 4.90 Å². The van der Waals surface area contributed by atoms with Crippen LogP contribution in [0.2, 0.25) is 0 Å². The maximum Gasteiger partial charge on any atom is 0.240 e. The third kappa shape index (κ3) is 4.18. The van der Waals surface area contributed by atoms with E-state index in [1.807, 2.05) is 42.8 Å². The summed E-state index contributed by atoms with van der Waals surface area (Å²) in [6.07, 6.45) is 4.44. The van der Waals surface area contributed by atoms with Crippen LogP contribution in [0.5, 0.6) is 5.75 Å². The molecule has 3 rings (SSSR count). The van der Waals surface area contributed by atoms with Crippen molar-refractivity contribution in [1.82, 2.24) is 14.1 Å². The number of sulfonamides is 1. The predicted octanol–water partition coefficient (Wildman–Crippen LogP) is 2.56. The highest BCUT2D eigenvalue weighted by molar-refractivity contribution is 7.89. The Morgan fingerprint density at radius 3 is 2.60 bits per heavy atom. The number of rotatable bonds is 7. The van der Waals surface area contributed by atoms with E-state index in [4.69, 9.17) is 4.74 Å². The Morgan fingerprint density at radius 1 is 1.12 bits per heavy atom. The monoisotopic (exact) mass is 359 g/mol. The average Bonchev–Trinajstić information content (AvgIpc) is 2.97. The maximum atomic E-state index is 12.3. The van der Waals surface area contributed by atoms with Gasteiger partial charge in [-0.2, -0.15) is 0 Å². The SMILES string of the molecule is CCOc1ccc(S(=O)(=O)NCCc2cn3cc(C)ccc3n2)cc1. The Labute approximate surface area is 147 Å². The standard InChI is InChI=1S/C18H21N3O3S/c1-3-24-16-5-7-17(8-6-16)25(22,23)19-11-10-15-13-21-12-14(2)4-9-18(21)20-15/h4-9,12-13,19H,3,10-11H2,1-2H3. The van der Waals surface area contributed by atoms with Gasteiger partial charge in [-0.1, -0.05) is 6.07 Å². The highest BCUT2D eigenvalue weighted by Crippen LogP contribution is 2.16. The minimum Gasteiger partial charge on any atom is -0.494 e. The van der Waals surface area contributed by atoms with Crippen molar-refractivity contribution in [3.05, 3.63) is 60.0 Å². The minimum atomic E-state index is -3.54. The molecule has 0 amide bonds. The predicted molar refractivity (Wildman–Crippen MR) is 96.4 cm³/mol. The van der Waals surface area contributed by atoms with E-state index in [2.05, 4.69) is 9.71 Å². The van der Waals surface area contributed by atoms with Gasteiger partial charge in [0, 0.05) is 25.4 Å². The number of pyridine rings is 1. The normalized spacial score (nSPS) is 11.8. The second kappa shape index (κ2) is 7.25. The molecule has 0 aliphatic carbocycles. The molecule has 0 aliphatic rings. The number of nitrogens with zero attached hydrogens (tertiary/aromatic N) is 2. The Morgan fingerprint density at radius 2 is 1.88 bits per heavy atom. The molecule has 0 saturated carbocycles. The first-order chi connectivity index (χ1) is 12.0. The molecule has 3 aromatic rings. The summed E-state index contributed by atoms with van der Waals surface area (Å²) in [6, 6.07) is 10.3. The van der Waals surface area contributed by atoms with Crippen molar-refractivity contribution in [2.24, 2.45) is 0 Å². The van der Waals surface area contributed by atoms with Gasteiger partial charge < -0.3 is 9.14 Å². The number of fused-ring (bicyclic) bond motifs is 1. The van der Waals surface area contributed by atoms with Crippen LogP contribution in [0.25, 0.3) is 5.65 Å². The Balaban J connectivity index is 1.63. The molecule has 25 heavy (non-hydrogen) atoms. The fourth-order valence-electron chi connectivity index (χ4n) is 2.55. The lowest BCUT2D eigenvalue weighted by molar-refractivity contribution is 0.340. The molecule has 0 saturated heterocycles. The third-order valence-corrected chi connectivity index (χ3v) is 5.24. The van der Waals surface area contributed by atoms with Crippen molar-refractivity contribution in [3.63, 3.8) is 0 Å². The number of nitrogens with one attached hydrogen (secondary N) is 1. The van der Waals surface area contributed by atoms with Crippen LogP contribution in [-0.2, 0) is 16.4 Å². The van der Waals surface area contributed by atoms with Crippen molar-refractivity contribution in [1.29, 1.82) is 0 Å². The second-order valence-corrected chi connectivity index (χ2v) is 7.52. The van der Waals surface area contributed by atoms with Crippen molar-refractivity contribution in [3.8, 4) is 5.75 Å². The van der Waals surface area contributed by atoms with Gasteiger partial charge in [-0.15, -0.1) is 0 Å². The van der Waals surface area contributed by atoms with E-state index in [0.717, 1.165) is 16.9 Å². The van der Waals surface area contributed by atoms with Gasteiger partial charge in [0.15, 0.2) is 0 Å². The molecule has 2 aromatic heterocycles. The van der Waals surface area contributed by atoms with E-state index in [9.17, 15) is 8.42 Å². The van der Waals surface area contributed by atoms with E-state index in [1.54, 1.807) is 24.3 Å². The van der Waals surface area contributed by atoms with Gasteiger partial charge in [-0.05, 0) is 49.7 Å². The zero-order valence-corrected chi connectivity index (χ0v) is 15.1. The van der Waals surface area contributed by atoms with Crippen LogP contribution in [0.3, 0.4) is 0 Å². The number of aromatic nitrogens is 2. The lowest BCUT2D eigenvalue weighted by Gasteiger charge is -2.07. The van der Waals surface area contributed by atoms with Gasteiger partial charge in [0.05, 0.1) is 17.2 Å². The van der Waals surface area contributed by atoms with Gasteiger partial charge in [-0.3, -0.25) is 0 Å². The lowest BCUT2D eigenvalue weighted by Crippen LogP contribution is -2.26. The highest BCUT2D eigenvalue weighted by atomic mass is 32.2. The largest absolute Gasteiger partial charge is 0.494 e. The summed E-state index contributed by atoms with van der Waals surface area (Å²) in [4.78, 5) is 4.71.